The van der Waals surface area contributed by atoms with Gasteiger partial charge in [-0.05, 0) is 37.2 Å². The van der Waals surface area contributed by atoms with Crippen LogP contribution in [0.4, 0.5) is 10.1 Å². The van der Waals surface area contributed by atoms with Gasteiger partial charge in [0.15, 0.2) is 0 Å². The predicted molar refractivity (Wildman–Crippen MR) is 119 cm³/mol. The Bertz CT molecular complexity index is 1330. The van der Waals surface area contributed by atoms with Gasteiger partial charge in [-0.25, -0.2) is 24.6 Å². The summed E-state index contributed by atoms with van der Waals surface area (Å²) in [6, 6.07) is 10.5. The summed E-state index contributed by atoms with van der Waals surface area (Å²) in [6.45, 7) is 3.37. The fourth-order valence-corrected chi connectivity index (χ4v) is 4.36. The van der Waals surface area contributed by atoms with Crippen molar-refractivity contribution in [1.29, 1.82) is 0 Å². The molecular weight excluding hydrogens is 411 g/mol. The number of nitrogens with one attached hydrogen (secondary N) is 4. The first-order chi connectivity index (χ1) is 15.6. The van der Waals surface area contributed by atoms with Crippen LogP contribution < -0.4 is 21.7 Å². The van der Waals surface area contributed by atoms with E-state index in [0.717, 1.165) is 17.7 Å². The van der Waals surface area contributed by atoms with E-state index in [2.05, 4.69) is 48.6 Å². The third kappa shape index (κ3) is 3.33. The number of halogens is 1. The summed E-state index contributed by atoms with van der Waals surface area (Å²) in [7, 11) is 1.90. The number of rotatable bonds is 5. The number of benzene rings is 2. The molecule has 2 unspecified atom stereocenters. The normalized spacial score (nSPS) is 17.8. The van der Waals surface area contributed by atoms with Gasteiger partial charge in [-0.15, -0.1) is 0 Å². The number of hydrazine groups is 1. The van der Waals surface area contributed by atoms with Crippen LogP contribution in [0, 0.1) is 5.82 Å². The van der Waals surface area contributed by atoms with Crippen LogP contribution in [0.15, 0.2) is 47.5 Å². The molecule has 1 aliphatic heterocycles. The van der Waals surface area contributed by atoms with Gasteiger partial charge in [0.2, 0.25) is 0 Å². The number of nitrogens with zero attached hydrogens (tertiary/aromatic N) is 4. The molecule has 0 bridgehead atoms. The molecule has 9 nitrogen and oxygen atoms in total. The second kappa shape index (κ2) is 8.13. The van der Waals surface area contributed by atoms with Crippen molar-refractivity contribution in [2.24, 2.45) is 0 Å². The van der Waals surface area contributed by atoms with Crippen LogP contribution in [0.5, 0.6) is 0 Å². The van der Waals surface area contributed by atoms with Crippen molar-refractivity contribution in [2.45, 2.75) is 32.0 Å². The van der Waals surface area contributed by atoms with Gasteiger partial charge in [-0.2, -0.15) is 10.2 Å². The largest absolute Gasteiger partial charge is 0.320 e. The fraction of sp³-hybridized carbons (Fsp3) is 0.273. The molecule has 0 saturated heterocycles. The monoisotopic (exact) mass is 434 g/mol. The van der Waals surface area contributed by atoms with E-state index in [1.54, 1.807) is 0 Å². The molecule has 32 heavy (non-hydrogen) atoms. The molecule has 2 atom stereocenters. The molecule has 2 aromatic heterocycles. The Morgan fingerprint density at radius 1 is 1.22 bits per heavy atom. The van der Waals surface area contributed by atoms with Crippen molar-refractivity contribution >= 4 is 16.5 Å². The van der Waals surface area contributed by atoms with Crippen LogP contribution in [-0.4, -0.2) is 32.0 Å². The molecule has 0 aliphatic carbocycles. The Morgan fingerprint density at radius 2 is 2.03 bits per heavy atom. The maximum absolute atomic E-state index is 14.3. The summed E-state index contributed by atoms with van der Waals surface area (Å²) < 4.78 is 16.1. The molecular formula is C22H23FN8O. The molecule has 0 spiro atoms. The molecule has 4 N–H and O–H groups in total. The lowest BCUT2D eigenvalue weighted by Gasteiger charge is -2.26. The Kier molecular flexibility index (Phi) is 5.16. The summed E-state index contributed by atoms with van der Waals surface area (Å²) in [6.07, 6.45) is 1.51. The summed E-state index contributed by atoms with van der Waals surface area (Å²) in [4.78, 5) is 17.0. The second-order valence-corrected chi connectivity index (χ2v) is 7.74. The maximum atomic E-state index is 14.3. The predicted octanol–water partition coefficient (Wildman–Crippen LogP) is 2.20. The average molecular weight is 434 g/mol. The average Bonchev–Trinajstić information content (AvgIpc) is 3.20. The molecule has 10 heteroatoms. The van der Waals surface area contributed by atoms with Crippen molar-refractivity contribution in [3.63, 3.8) is 0 Å². The van der Waals surface area contributed by atoms with Crippen molar-refractivity contribution < 1.29 is 4.39 Å². The van der Waals surface area contributed by atoms with Crippen LogP contribution in [0.1, 0.15) is 41.5 Å². The summed E-state index contributed by atoms with van der Waals surface area (Å²) >= 11 is 0. The van der Waals surface area contributed by atoms with E-state index in [0.29, 0.717) is 29.1 Å². The lowest BCUT2D eigenvalue weighted by molar-refractivity contribution is 0.474. The van der Waals surface area contributed by atoms with E-state index in [4.69, 9.17) is 0 Å². The first kappa shape index (κ1) is 20.3. The van der Waals surface area contributed by atoms with Crippen LogP contribution in [0.25, 0.3) is 10.8 Å². The van der Waals surface area contributed by atoms with Gasteiger partial charge in [0.05, 0.1) is 28.7 Å². The summed E-state index contributed by atoms with van der Waals surface area (Å²) in [5.74, 6) is -0.206. The number of aromatic amines is 1. The van der Waals surface area contributed by atoms with Gasteiger partial charge in [0, 0.05) is 18.5 Å². The first-order valence-electron chi connectivity index (χ1n) is 10.4. The van der Waals surface area contributed by atoms with Crippen molar-refractivity contribution in [3.8, 4) is 0 Å². The van der Waals surface area contributed by atoms with E-state index in [-0.39, 0.29) is 11.4 Å². The Labute approximate surface area is 183 Å². The minimum absolute atomic E-state index is 0.233. The minimum Gasteiger partial charge on any atom is -0.320 e. The quantitative estimate of drug-likeness (QED) is 0.381. The number of H-pyrrole nitrogens is 1. The molecule has 2 aromatic carbocycles. The standard InChI is InChI=1S/C22H23FN8O/c1-3-31-21(25-11-26-31)18-19(13-6-4-12(5-7-13)10-24-2)28-27-16-9-14(23)8-15-17(16)20(18)29-30-22(15)32/h4-9,11,18-19,24,27-28H,3,10H2,1-2H3,(H,30,32). The van der Waals surface area contributed by atoms with Gasteiger partial charge < -0.3 is 10.7 Å². The zero-order valence-corrected chi connectivity index (χ0v) is 17.7. The Hall–Kier alpha value is -3.63. The third-order valence-electron chi connectivity index (χ3n) is 5.81. The number of aromatic nitrogens is 5. The van der Waals surface area contributed by atoms with E-state index < -0.39 is 17.3 Å². The molecule has 164 valence electrons. The molecule has 0 fully saturated rings. The topological polar surface area (TPSA) is 113 Å². The number of hydrogen-bond donors (Lipinski definition) is 4. The molecule has 4 aromatic rings. The Morgan fingerprint density at radius 3 is 2.78 bits per heavy atom. The van der Waals surface area contributed by atoms with Crippen LogP contribution in [0.2, 0.25) is 0 Å². The number of anilines is 1. The number of hydrogen-bond acceptors (Lipinski definition) is 7. The van der Waals surface area contributed by atoms with Crippen molar-refractivity contribution in [2.75, 3.05) is 12.5 Å². The highest BCUT2D eigenvalue weighted by Crippen LogP contribution is 2.41. The van der Waals surface area contributed by atoms with Crippen LogP contribution in [-0.2, 0) is 13.1 Å². The molecule has 0 saturated carbocycles. The second-order valence-electron chi connectivity index (χ2n) is 7.74. The minimum atomic E-state index is -0.507. The van der Waals surface area contributed by atoms with Gasteiger partial charge in [-0.3, -0.25) is 4.79 Å². The maximum Gasteiger partial charge on any atom is 0.272 e. The van der Waals surface area contributed by atoms with Crippen molar-refractivity contribution in [1.82, 2.24) is 35.7 Å². The van der Waals surface area contributed by atoms with Crippen LogP contribution >= 0.6 is 0 Å². The zero-order valence-electron chi connectivity index (χ0n) is 17.7. The van der Waals surface area contributed by atoms with Gasteiger partial charge in [-0.1, -0.05) is 24.3 Å². The lowest BCUT2D eigenvalue weighted by Crippen LogP contribution is -2.32. The Balaban J connectivity index is 1.75. The van der Waals surface area contributed by atoms with E-state index >= 15 is 0 Å². The van der Waals surface area contributed by atoms with E-state index in [1.807, 2.05) is 30.8 Å². The van der Waals surface area contributed by atoms with E-state index in [1.165, 1.54) is 18.5 Å². The van der Waals surface area contributed by atoms with Crippen LogP contribution in [0.3, 0.4) is 0 Å². The third-order valence-corrected chi connectivity index (χ3v) is 5.81. The fourth-order valence-electron chi connectivity index (χ4n) is 4.36. The molecule has 5 rings (SSSR count). The highest BCUT2D eigenvalue weighted by molar-refractivity contribution is 5.96. The highest BCUT2D eigenvalue weighted by atomic mass is 19.1. The summed E-state index contributed by atoms with van der Waals surface area (Å²) in [5.41, 5.74) is 9.19. The van der Waals surface area contributed by atoms with Gasteiger partial charge in [0.1, 0.15) is 18.0 Å². The van der Waals surface area contributed by atoms with Crippen molar-refractivity contribution in [3.05, 3.63) is 81.5 Å². The zero-order chi connectivity index (χ0) is 22.2. The molecule has 0 radical (unpaired) electrons. The highest BCUT2D eigenvalue weighted by Gasteiger charge is 2.36. The van der Waals surface area contributed by atoms with Gasteiger partial charge >= 0.3 is 0 Å². The molecule has 1 aliphatic rings. The number of aryl methyl sites for hydroxylation is 1. The molecule has 0 amide bonds. The van der Waals surface area contributed by atoms with E-state index in [9.17, 15) is 9.18 Å². The lowest BCUT2D eigenvalue weighted by atomic mass is 9.87. The molecule has 3 heterocycles. The summed E-state index contributed by atoms with van der Waals surface area (Å²) in [5, 5.41) is 15.3. The first-order valence-corrected chi connectivity index (χ1v) is 10.4. The van der Waals surface area contributed by atoms with Gasteiger partial charge in [0.25, 0.3) is 5.56 Å². The smallest absolute Gasteiger partial charge is 0.272 e. The SMILES string of the molecule is CCn1ncnc1C1c2n[nH]c(=O)c3cc(F)cc(c23)NNC1c1ccc(CNC)cc1.